The molecule has 0 aliphatic heterocycles. The summed E-state index contributed by atoms with van der Waals surface area (Å²) in [6, 6.07) is 15.0. The van der Waals surface area contributed by atoms with Crippen LogP contribution in [0.4, 0.5) is 0 Å². The van der Waals surface area contributed by atoms with Crippen molar-refractivity contribution in [3.63, 3.8) is 0 Å². The van der Waals surface area contributed by atoms with Crippen molar-refractivity contribution in [2.45, 2.75) is 58.8 Å². The molecular weight excluding hydrogens is 434 g/mol. The molecule has 4 rings (SSSR count). The van der Waals surface area contributed by atoms with Gasteiger partial charge in [-0.25, -0.2) is 0 Å². The summed E-state index contributed by atoms with van der Waals surface area (Å²) in [5.74, 6) is 0.470. The molecule has 0 unspecified atom stereocenters. The Labute approximate surface area is 199 Å². The molecule has 0 saturated carbocycles. The molecule has 33 heavy (non-hydrogen) atoms. The zero-order valence-electron chi connectivity index (χ0n) is 19.9. The van der Waals surface area contributed by atoms with E-state index in [4.69, 9.17) is 11.6 Å². The van der Waals surface area contributed by atoms with Crippen LogP contribution >= 0.6 is 11.6 Å². The SMILES string of the molecule is CC(C)(C)c1cc(Cc2ccc(O)c(-n3nc4ccc(Cl)cc4n3)c2)cc(C(C)(C)C)c1O. The summed E-state index contributed by atoms with van der Waals surface area (Å²) in [7, 11) is 0. The fraction of sp³-hybridized carbons (Fsp3) is 0.333. The maximum absolute atomic E-state index is 11.0. The minimum absolute atomic E-state index is 0.0987. The van der Waals surface area contributed by atoms with E-state index in [0.29, 0.717) is 33.9 Å². The minimum Gasteiger partial charge on any atom is -0.507 e. The molecule has 0 fully saturated rings. The van der Waals surface area contributed by atoms with Crippen LogP contribution in [0.1, 0.15) is 63.8 Å². The lowest BCUT2D eigenvalue weighted by Crippen LogP contribution is -2.18. The van der Waals surface area contributed by atoms with Crippen LogP contribution in [0.25, 0.3) is 16.7 Å². The highest BCUT2D eigenvalue weighted by Crippen LogP contribution is 2.40. The van der Waals surface area contributed by atoms with Gasteiger partial charge in [-0.2, -0.15) is 0 Å². The van der Waals surface area contributed by atoms with Gasteiger partial charge in [0.15, 0.2) is 0 Å². The molecule has 6 heteroatoms. The summed E-state index contributed by atoms with van der Waals surface area (Å²) >= 11 is 6.08. The number of nitrogens with zero attached hydrogens (tertiary/aromatic N) is 3. The third-order valence-corrected chi connectivity index (χ3v) is 6.03. The predicted octanol–water partition coefficient (Wildman–Crippen LogP) is 6.67. The third-order valence-electron chi connectivity index (χ3n) is 5.79. The van der Waals surface area contributed by atoms with Gasteiger partial charge in [0.1, 0.15) is 28.2 Å². The monoisotopic (exact) mass is 463 g/mol. The Morgan fingerprint density at radius 3 is 1.97 bits per heavy atom. The van der Waals surface area contributed by atoms with E-state index in [9.17, 15) is 10.2 Å². The van der Waals surface area contributed by atoms with Crippen molar-refractivity contribution in [1.29, 1.82) is 0 Å². The smallest absolute Gasteiger partial charge is 0.143 e. The molecule has 5 nitrogen and oxygen atoms in total. The summed E-state index contributed by atoms with van der Waals surface area (Å²) in [4.78, 5) is 1.44. The number of hydrogen-bond acceptors (Lipinski definition) is 4. The zero-order valence-corrected chi connectivity index (χ0v) is 20.7. The maximum Gasteiger partial charge on any atom is 0.143 e. The van der Waals surface area contributed by atoms with E-state index in [1.807, 2.05) is 12.1 Å². The van der Waals surface area contributed by atoms with Crippen LogP contribution in [0.15, 0.2) is 48.5 Å². The van der Waals surface area contributed by atoms with Crippen LogP contribution in [0.5, 0.6) is 11.5 Å². The second-order valence-corrected chi connectivity index (χ2v) is 11.1. The fourth-order valence-corrected chi connectivity index (χ4v) is 4.18. The van der Waals surface area contributed by atoms with E-state index < -0.39 is 0 Å². The van der Waals surface area contributed by atoms with Crippen molar-refractivity contribution in [3.8, 4) is 17.2 Å². The number of hydrogen-bond donors (Lipinski definition) is 2. The Hall–Kier alpha value is -3.05. The van der Waals surface area contributed by atoms with Gasteiger partial charge in [0.25, 0.3) is 0 Å². The quantitative estimate of drug-likeness (QED) is 0.356. The normalized spacial score (nSPS) is 12.5. The Morgan fingerprint density at radius 1 is 0.758 bits per heavy atom. The number of aromatic hydroxyl groups is 2. The summed E-state index contributed by atoms with van der Waals surface area (Å²) in [6.07, 6.45) is 0.645. The van der Waals surface area contributed by atoms with E-state index in [1.165, 1.54) is 4.80 Å². The van der Waals surface area contributed by atoms with Gasteiger partial charge in [-0.15, -0.1) is 15.0 Å². The molecule has 1 aromatic heterocycles. The number of benzene rings is 3. The number of halogens is 1. The Bertz CT molecular complexity index is 1310. The second-order valence-electron chi connectivity index (χ2n) is 10.7. The number of phenols is 2. The molecule has 1 heterocycles. The van der Waals surface area contributed by atoms with Crippen LogP contribution < -0.4 is 0 Å². The van der Waals surface area contributed by atoms with Crippen LogP contribution in [-0.4, -0.2) is 25.2 Å². The topological polar surface area (TPSA) is 71.2 Å². The first-order valence-electron chi connectivity index (χ1n) is 11.0. The van der Waals surface area contributed by atoms with Crippen molar-refractivity contribution < 1.29 is 10.2 Å². The molecule has 0 aliphatic rings. The summed E-state index contributed by atoms with van der Waals surface area (Å²) in [6.45, 7) is 12.7. The molecule has 0 amide bonds. The lowest BCUT2D eigenvalue weighted by molar-refractivity contribution is 0.423. The van der Waals surface area contributed by atoms with Crippen molar-refractivity contribution >= 4 is 22.6 Å². The van der Waals surface area contributed by atoms with Gasteiger partial charge in [0, 0.05) is 5.02 Å². The Balaban J connectivity index is 1.77. The van der Waals surface area contributed by atoms with Crippen LogP contribution in [0, 0.1) is 0 Å². The molecule has 172 valence electrons. The van der Waals surface area contributed by atoms with Crippen LogP contribution in [0.2, 0.25) is 5.02 Å². The highest BCUT2D eigenvalue weighted by Gasteiger charge is 2.26. The Morgan fingerprint density at radius 2 is 1.36 bits per heavy atom. The summed E-state index contributed by atoms with van der Waals surface area (Å²) in [5, 5.41) is 31.1. The van der Waals surface area contributed by atoms with E-state index in [-0.39, 0.29) is 16.6 Å². The molecular formula is C27H30ClN3O2. The molecule has 0 radical (unpaired) electrons. The lowest BCUT2D eigenvalue weighted by Gasteiger charge is -2.28. The van der Waals surface area contributed by atoms with Gasteiger partial charge in [-0.05, 0) is 69.8 Å². The first-order valence-corrected chi connectivity index (χ1v) is 11.4. The van der Waals surface area contributed by atoms with Gasteiger partial charge < -0.3 is 10.2 Å². The number of aromatic nitrogens is 3. The molecule has 0 bridgehead atoms. The van der Waals surface area contributed by atoms with Gasteiger partial charge >= 0.3 is 0 Å². The van der Waals surface area contributed by atoms with Crippen molar-refractivity contribution in [2.24, 2.45) is 0 Å². The molecule has 3 aromatic carbocycles. The molecule has 0 aliphatic carbocycles. The van der Waals surface area contributed by atoms with Gasteiger partial charge in [-0.3, -0.25) is 0 Å². The van der Waals surface area contributed by atoms with Crippen molar-refractivity contribution in [3.05, 3.63) is 75.8 Å². The zero-order chi connectivity index (χ0) is 24.1. The standard InChI is InChI=1S/C27H30ClN3O2/c1-26(2,3)19-12-17(13-20(25(19)33)27(4,5)6)11-16-7-10-24(32)23(14-16)31-29-21-9-8-18(28)15-22(21)30-31/h7-10,12-15,32-33H,11H2,1-6H3. The average Bonchev–Trinajstić information content (AvgIpc) is 3.11. The lowest BCUT2D eigenvalue weighted by atomic mass is 9.78. The second kappa shape index (κ2) is 8.07. The van der Waals surface area contributed by atoms with Gasteiger partial charge in [-0.1, -0.05) is 71.3 Å². The average molecular weight is 464 g/mol. The fourth-order valence-electron chi connectivity index (χ4n) is 4.01. The maximum atomic E-state index is 11.0. The van der Waals surface area contributed by atoms with E-state index >= 15 is 0 Å². The highest BCUT2D eigenvalue weighted by atomic mass is 35.5. The minimum atomic E-state index is -0.194. The molecule has 4 aromatic rings. The van der Waals surface area contributed by atoms with E-state index in [2.05, 4.69) is 63.9 Å². The number of fused-ring (bicyclic) bond motifs is 1. The van der Waals surface area contributed by atoms with Crippen molar-refractivity contribution in [1.82, 2.24) is 15.0 Å². The summed E-state index contributed by atoms with van der Waals surface area (Å²) < 4.78 is 0. The largest absolute Gasteiger partial charge is 0.507 e. The van der Waals surface area contributed by atoms with E-state index in [0.717, 1.165) is 22.3 Å². The third kappa shape index (κ3) is 4.69. The summed E-state index contributed by atoms with van der Waals surface area (Å²) in [5.41, 5.74) is 5.45. The number of rotatable bonds is 3. The van der Waals surface area contributed by atoms with Crippen molar-refractivity contribution in [2.75, 3.05) is 0 Å². The predicted molar refractivity (Wildman–Crippen MR) is 134 cm³/mol. The van der Waals surface area contributed by atoms with Gasteiger partial charge in [0.2, 0.25) is 0 Å². The first-order chi connectivity index (χ1) is 15.3. The van der Waals surface area contributed by atoms with Gasteiger partial charge in [0.05, 0.1) is 0 Å². The van der Waals surface area contributed by atoms with E-state index in [1.54, 1.807) is 24.3 Å². The number of phenolic OH excluding ortho intramolecular Hbond substituents is 2. The molecule has 0 atom stereocenters. The highest BCUT2D eigenvalue weighted by molar-refractivity contribution is 6.31. The van der Waals surface area contributed by atoms with Crippen LogP contribution in [-0.2, 0) is 17.3 Å². The molecule has 2 N–H and O–H groups in total. The first kappa shape index (κ1) is 23.1. The molecule has 0 spiro atoms. The Kier molecular flexibility index (Phi) is 5.65. The van der Waals surface area contributed by atoms with Crippen LogP contribution in [0.3, 0.4) is 0 Å². The molecule has 0 saturated heterocycles.